The van der Waals surface area contributed by atoms with Crippen LogP contribution in [0.2, 0.25) is 0 Å². The lowest BCUT2D eigenvalue weighted by atomic mass is 9.95. The predicted molar refractivity (Wildman–Crippen MR) is 150 cm³/mol. The molecule has 2 aliphatic rings. The molecule has 1 aliphatic heterocycles. The highest BCUT2D eigenvalue weighted by molar-refractivity contribution is 7.96. The number of rotatable bonds is 8. The normalized spacial score (nSPS) is 20.7. The van der Waals surface area contributed by atoms with Gasteiger partial charge < -0.3 is 10.0 Å². The molecule has 8 nitrogen and oxygen atoms in total. The second-order valence-electron chi connectivity index (χ2n) is 9.58. The van der Waals surface area contributed by atoms with Crippen molar-refractivity contribution < 1.29 is 35.1 Å². The molecule has 2 N–H and O–H groups in total. The minimum absolute atomic E-state index is 0.0146. The van der Waals surface area contributed by atoms with E-state index in [0.717, 1.165) is 12.1 Å². The monoisotopic (exact) mass is 615 g/mol. The maximum atomic E-state index is 13.5. The fourth-order valence-corrected chi connectivity index (χ4v) is 7.65. The third kappa shape index (κ3) is 6.16. The van der Waals surface area contributed by atoms with E-state index in [-0.39, 0.29) is 46.4 Å². The summed E-state index contributed by atoms with van der Waals surface area (Å²) < 4.78 is 96.5. The van der Waals surface area contributed by atoms with E-state index in [1.54, 1.807) is 35.3 Å². The lowest BCUT2D eigenvalue weighted by Crippen LogP contribution is -2.58. The second-order valence-corrected chi connectivity index (χ2v) is 13.7. The zero-order valence-corrected chi connectivity index (χ0v) is 23.8. The van der Waals surface area contributed by atoms with E-state index in [0.29, 0.717) is 19.0 Å². The number of benzene rings is 2. The average Bonchev–Trinajstić information content (AvgIpc) is 2.92. The van der Waals surface area contributed by atoms with Crippen LogP contribution in [0.5, 0.6) is 0 Å². The van der Waals surface area contributed by atoms with Crippen molar-refractivity contribution in [1.82, 2.24) is 9.03 Å². The van der Waals surface area contributed by atoms with Crippen LogP contribution in [-0.4, -0.2) is 69.5 Å². The van der Waals surface area contributed by atoms with Gasteiger partial charge in [0, 0.05) is 43.2 Å². The number of alkyl halides is 3. The van der Waals surface area contributed by atoms with Gasteiger partial charge in [0.15, 0.2) is 5.60 Å². The summed E-state index contributed by atoms with van der Waals surface area (Å²) in [5.74, 6) is 0. The maximum Gasteiger partial charge on any atom is 0.421 e. The SMILES string of the molecule is C[C@](O)(c1ccc(N2CCN(S(=O)(=O)C3=CC=CCC3=S)C[C@@H]2CNS(=O)(=O)c2ccccc2)cc1)C(F)(F)F. The molecule has 0 spiro atoms. The zero-order chi connectivity index (χ0) is 29.3. The number of nitrogens with zero attached hydrogens (tertiary/aromatic N) is 2. The fraction of sp³-hybridized carbons (Fsp3) is 0.346. The molecule has 0 amide bonds. The summed E-state index contributed by atoms with van der Waals surface area (Å²) in [7, 11) is -7.92. The standard InChI is InChI=1S/C26H28F3N3O5S3/c1-25(33,26(27,28)29)19-11-13-20(14-12-19)32-16-15-31(40(36,37)24-10-6-5-9-23(24)38)18-21(32)17-30-39(34,35)22-7-3-2-4-8-22/h2-8,10-14,21,30,33H,9,15-18H2,1H3/t21-,25-/m0/s1. The summed E-state index contributed by atoms with van der Waals surface area (Å²) in [6.45, 7) is 0.532. The molecule has 14 heteroatoms. The van der Waals surface area contributed by atoms with Crippen LogP contribution in [0.1, 0.15) is 18.9 Å². The first-order valence-electron chi connectivity index (χ1n) is 12.3. The Morgan fingerprint density at radius 3 is 2.27 bits per heavy atom. The van der Waals surface area contributed by atoms with Gasteiger partial charge in [0.25, 0.3) is 0 Å². The molecule has 1 heterocycles. The van der Waals surface area contributed by atoms with E-state index in [1.807, 2.05) is 0 Å². The fourth-order valence-electron chi connectivity index (χ4n) is 4.48. The number of aliphatic hydroxyl groups is 1. The maximum absolute atomic E-state index is 13.5. The summed E-state index contributed by atoms with van der Waals surface area (Å²) in [5, 5.41) is 10.0. The minimum Gasteiger partial charge on any atom is -0.376 e. The molecule has 4 rings (SSSR count). The number of piperazine rings is 1. The van der Waals surface area contributed by atoms with Gasteiger partial charge >= 0.3 is 6.18 Å². The summed E-state index contributed by atoms with van der Waals surface area (Å²) in [5.41, 5.74) is -2.99. The van der Waals surface area contributed by atoms with Gasteiger partial charge in [-0.2, -0.15) is 17.5 Å². The van der Waals surface area contributed by atoms with Crippen LogP contribution in [-0.2, 0) is 25.6 Å². The van der Waals surface area contributed by atoms with E-state index < -0.39 is 37.9 Å². The van der Waals surface area contributed by atoms with Crippen molar-refractivity contribution in [3.05, 3.63) is 83.3 Å². The Labute approximate surface area is 236 Å². The largest absolute Gasteiger partial charge is 0.421 e. The Kier molecular flexibility index (Phi) is 8.60. The molecule has 0 radical (unpaired) electrons. The first-order chi connectivity index (χ1) is 18.6. The van der Waals surface area contributed by atoms with Crippen LogP contribution in [0.25, 0.3) is 0 Å². The van der Waals surface area contributed by atoms with Gasteiger partial charge in [-0.15, -0.1) is 0 Å². The number of thiocarbonyl (C=S) groups is 1. The molecule has 1 aliphatic carbocycles. The number of hydrogen-bond donors (Lipinski definition) is 2. The molecule has 0 saturated carbocycles. The second kappa shape index (κ2) is 11.3. The number of sulfonamides is 2. The van der Waals surface area contributed by atoms with Crippen LogP contribution in [0.15, 0.2) is 82.6 Å². The topological polar surface area (TPSA) is 107 Å². The van der Waals surface area contributed by atoms with Crippen molar-refractivity contribution in [3.63, 3.8) is 0 Å². The highest BCUT2D eigenvalue weighted by atomic mass is 32.2. The number of anilines is 1. The van der Waals surface area contributed by atoms with Crippen molar-refractivity contribution in [1.29, 1.82) is 0 Å². The van der Waals surface area contributed by atoms with Crippen LogP contribution in [0, 0.1) is 0 Å². The van der Waals surface area contributed by atoms with E-state index in [4.69, 9.17) is 12.2 Å². The summed E-state index contributed by atoms with van der Waals surface area (Å²) >= 11 is 5.27. The van der Waals surface area contributed by atoms with E-state index in [1.165, 1.54) is 34.6 Å². The molecule has 40 heavy (non-hydrogen) atoms. The third-order valence-electron chi connectivity index (χ3n) is 6.90. The van der Waals surface area contributed by atoms with Gasteiger partial charge in [0.1, 0.15) is 0 Å². The molecule has 1 saturated heterocycles. The van der Waals surface area contributed by atoms with Crippen molar-refractivity contribution in [2.24, 2.45) is 0 Å². The average molecular weight is 616 g/mol. The number of hydrogen-bond acceptors (Lipinski definition) is 7. The lowest BCUT2D eigenvalue weighted by molar-refractivity contribution is -0.258. The number of allylic oxidation sites excluding steroid dienone is 4. The van der Waals surface area contributed by atoms with Crippen molar-refractivity contribution in [2.45, 2.75) is 36.1 Å². The van der Waals surface area contributed by atoms with Crippen molar-refractivity contribution in [2.75, 3.05) is 31.1 Å². The zero-order valence-electron chi connectivity index (χ0n) is 21.4. The first-order valence-corrected chi connectivity index (χ1v) is 15.6. The van der Waals surface area contributed by atoms with Crippen LogP contribution >= 0.6 is 12.2 Å². The molecule has 0 bridgehead atoms. The predicted octanol–water partition coefficient (Wildman–Crippen LogP) is 3.47. The van der Waals surface area contributed by atoms with Crippen molar-refractivity contribution >= 4 is 42.8 Å². The number of nitrogens with one attached hydrogen (secondary N) is 1. The number of halogens is 3. The van der Waals surface area contributed by atoms with Gasteiger partial charge in [0.05, 0.1) is 15.8 Å². The molecule has 2 atom stereocenters. The highest BCUT2D eigenvalue weighted by Gasteiger charge is 2.51. The van der Waals surface area contributed by atoms with Gasteiger partial charge in [0.2, 0.25) is 20.0 Å². The molecular formula is C26H28F3N3O5S3. The van der Waals surface area contributed by atoms with E-state index >= 15 is 0 Å². The van der Waals surface area contributed by atoms with E-state index in [9.17, 15) is 35.1 Å². The molecule has 2 aromatic rings. The summed E-state index contributed by atoms with van der Waals surface area (Å²) in [6.07, 6.45) is 0.221. The third-order valence-corrected chi connectivity index (χ3v) is 10.8. The molecule has 2 aromatic carbocycles. The lowest BCUT2D eigenvalue weighted by Gasteiger charge is -2.42. The summed E-state index contributed by atoms with van der Waals surface area (Å²) in [4.78, 5) is 2.06. The minimum atomic E-state index is -4.89. The first kappa shape index (κ1) is 30.3. The Hall–Kier alpha value is -2.62. The van der Waals surface area contributed by atoms with E-state index in [2.05, 4.69) is 4.72 Å². The molecule has 216 valence electrons. The van der Waals surface area contributed by atoms with Gasteiger partial charge in [-0.3, -0.25) is 0 Å². The van der Waals surface area contributed by atoms with Crippen LogP contribution in [0.4, 0.5) is 18.9 Å². The molecular weight excluding hydrogens is 587 g/mol. The Morgan fingerprint density at radius 2 is 1.68 bits per heavy atom. The molecule has 1 fully saturated rings. The smallest absolute Gasteiger partial charge is 0.376 e. The quantitative estimate of drug-likeness (QED) is 0.438. The van der Waals surface area contributed by atoms with Gasteiger partial charge in [-0.25, -0.2) is 21.6 Å². The van der Waals surface area contributed by atoms with Gasteiger partial charge in [-0.1, -0.05) is 54.7 Å². The Morgan fingerprint density at radius 1 is 1.02 bits per heavy atom. The van der Waals surface area contributed by atoms with Crippen LogP contribution in [0.3, 0.4) is 0 Å². The summed E-state index contributed by atoms with van der Waals surface area (Å²) in [6, 6.07) is 12.0. The molecule has 0 unspecified atom stereocenters. The van der Waals surface area contributed by atoms with Crippen molar-refractivity contribution in [3.8, 4) is 0 Å². The van der Waals surface area contributed by atoms with Gasteiger partial charge in [-0.05, 0) is 42.8 Å². The Balaban J connectivity index is 1.63. The Bertz CT molecular complexity index is 1520. The van der Waals surface area contributed by atoms with Crippen LogP contribution < -0.4 is 9.62 Å². The molecule has 0 aromatic heterocycles. The highest BCUT2D eigenvalue weighted by Crippen LogP contribution is 2.39.